The van der Waals surface area contributed by atoms with Gasteiger partial charge >= 0.3 is 0 Å². The van der Waals surface area contributed by atoms with Crippen LogP contribution >= 0.6 is 11.8 Å². The molecule has 5 nitrogen and oxygen atoms in total. The van der Waals surface area contributed by atoms with E-state index in [2.05, 4.69) is 32.6 Å². The van der Waals surface area contributed by atoms with Gasteiger partial charge in [-0.15, -0.1) is 5.10 Å². The van der Waals surface area contributed by atoms with Gasteiger partial charge in [-0.3, -0.25) is 5.10 Å². The number of ether oxygens (including phenoxy) is 1. The van der Waals surface area contributed by atoms with E-state index in [0.717, 1.165) is 35.1 Å². The maximum absolute atomic E-state index is 5.45. The standard InChI is InChI=1S/C15H20N4OS/c1-10-17-15(19-18-10)21-9-12-7-11(3-6-14(12)20-2)8-16-13-4-5-13/h3,6-7,13,16H,4-5,8-9H2,1-2H3,(H,17,18,19). The third-order valence-corrected chi connectivity index (χ3v) is 4.35. The quantitative estimate of drug-likeness (QED) is 0.770. The third kappa shape index (κ3) is 3.98. The Morgan fingerprint density at radius 3 is 2.95 bits per heavy atom. The predicted octanol–water partition coefficient (Wildman–Crippen LogP) is 2.67. The van der Waals surface area contributed by atoms with Crippen molar-refractivity contribution in [2.24, 2.45) is 0 Å². The minimum atomic E-state index is 0.723. The van der Waals surface area contributed by atoms with Crippen LogP contribution in [0.4, 0.5) is 0 Å². The van der Waals surface area contributed by atoms with Gasteiger partial charge in [-0.05, 0) is 37.5 Å². The van der Waals surface area contributed by atoms with Gasteiger partial charge < -0.3 is 10.1 Å². The van der Waals surface area contributed by atoms with E-state index in [9.17, 15) is 0 Å². The molecule has 0 radical (unpaired) electrons. The largest absolute Gasteiger partial charge is 0.496 e. The van der Waals surface area contributed by atoms with Crippen LogP contribution in [-0.4, -0.2) is 28.3 Å². The molecule has 1 fully saturated rings. The van der Waals surface area contributed by atoms with Gasteiger partial charge in [0.15, 0.2) is 0 Å². The maximum atomic E-state index is 5.45. The number of methoxy groups -OCH3 is 1. The molecule has 6 heteroatoms. The summed E-state index contributed by atoms with van der Waals surface area (Å²) in [6.07, 6.45) is 2.62. The van der Waals surface area contributed by atoms with E-state index in [0.29, 0.717) is 0 Å². The highest BCUT2D eigenvalue weighted by Crippen LogP contribution is 2.27. The van der Waals surface area contributed by atoms with Gasteiger partial charge in [-0.2, -0.15) is 0 Å². The summed E-state index contributed by atoms with van der Waals surface area (Å²) in [6.45, 7) is 2.83. The molecule has 0 aliphatic heterocycles. The molecule has 1 heterocycles. The second-order valence-corrected chi connectivity index (χ2v) is 6.24. The minimum Gasteiger partial charge on any atom is -0.496 e. The number of benzene rings is 1. The van der Waals surface area contributed by atoms with Gasteiger partial charge in [0.25, 0.3) is 0 Å². The summed E-state index contributed by atoms with van der Waals surface area (Å²) in [6, 6.07) is 7.10. The highest BCUT2D eigenvalue weighted by molar-refractivity contribution is 7.98. The first-order chi connectivity index (χ1) is 10.2. The zero-order valence-corrected chi connectivity index (χ0v) is 13.2. The zero-order chi connectivity index (χ0) is 14.7. The summed E-state index contributed by atoms with van der Waals surface area (Å²) in [7, 11) is 1.71. The third-order valence-electron chi connectivity index (χ3n) is 3.45. The Labute approximate surface area is 128 Å². The average Bonchev–Trinajstić information content (AvgIpc) is 3.24. The SMILES string of the molecule is COc1ccc(CNC2CC2)cc1CSc1n[nH]c(C)n1. The molecule has 112 valence electrons. The molecule has 1 saturated carbocycles. The smallest absolute Gasteiger partial charge is 0.208 e. The molecule has 21 heavy (non-hydrogen) atoms. The van der Waals surface area contributed by atoms with Crippen LogP contribution in [0.2, 0.25) is 0 Å². The van der Waals surface area contributed by atoms with E-state index in [4.69, 9.17) is 4.74 Å². The molecule has 0 atom stereocenters. The molecule has 0 unspecified atom stereocenters. The Morgan fingerprint density at radius 1 is 1.43 bits per heavy atom. The molecule has 1 aliphatic rings. The fraction of sp³-hybridized carbons (Fsp3) is 0.467. The molecule has 3 rings (SSSR count). The van der Waals surface area contributed by atoms with Crippen molar-refractivity contribution in [1.82, 2.24) is 20.5 Å². The van der Waals surface area contributed by atoms with Crippen molar-refractivity contribution in [3.63, 3.8) is 0 Å². The molecule has 2 N–H and O–H groups in total. The summed E-state index contributed by atoms with van der Waals surface area (Å²) >= 11 is 1.62. The summed E-state index contributed by atoms with van der Waals surface area (Å²) < 4.78 is 5.45. The van der Waals surface area contributed by atoms with E-state index in [-0.39, 0.29) is 0 Å². The van der Waals surface area contributed by atoms with Crippen LogP contribution in [-0.2, 0) is 12.3 Å². The second kappa shape index (κ2) is 6.49. The topological polar surface area (TPSA) is 62.8 Å². The molecule has 0 saturated heterocycles. The summed E-state index contributed by atoms with van der Waals surface area (Å²) in [4.78, 5) is 4.31. The summed E-state index contributed by atoms with van der Waals surface area (Å²) in [5, 5.41) is 11.3. The fourth-order valence-corrected chi connectivity index (χ4v) is 2.96. The summed E-state index contributed by atoms with van der Waals surface area (Å²) in [5.41, 5.74) is 2.48. The predicted molar refractivity (Wildman–Crippen MR) is 83.5 cm³/mol. The molecule has 0 amide bonds. The zero-order valence-electron chi connectivity index (χ0n) is 12.3. The Kier molecular flexibility index (Phi) is 4.45. The lowest BCUT2D eigenvalue weighted by atomic mass is 10.1. The normalized spacial score (nSPS) is 14.4. The lowest BCUT2D eigenvalue weighted by molar-refractivity contribution is 0.411. The van der Waals surface area contributed by atoms with Crippen molar-refractivity contribution < 1.29 is 4.74 Å². The molecule has 0 spiro atoms. The van der Waals surface area contributed by atoms with E-state index in [1.807, 2.05) is 13.0 Å². The number of thioether (sulfide) groups is 1. The van der Waals surface area contributed by atoms with Crippen LogP contribution in [0, 0.1) is 6.92 Å². The Hall–Kier alpha value is -1.53. The number of hydrogen-bond donors (Lipinski definition) is 2. The van der Waals surface area contributed by atoms with E-state index in [1.54, 1.807) is 18.9 Å². The lowest BCUT2D eigenvalue weighted by Gasteiger charge is -2.10. The first kappa shape index (κ1) is 14.4. The van der Waals surface area contributed by atoms with Crippen molar-refractivity contribution >= 4 is 11.8 Å². The molecule has 0 bridgehead atoms. The number of rotatable bonds is 7. The average molecular weight is 304 g/mol. The Bertz CT molecular complexity index is 609. The van der Waals surface area contributed by atoms with Gasteiger partial charge in [0.05, 0.1) is 7.11 Å². The van der Waals surface area contributed by atoms with Crippen LogP contribution in [0.5, 0.6) is 5.75 Å². The van der Waals surface area contributed by atoms with Crippen LogP contribution < -0.4 is 10.1 Å². The van der Waals surface area contributed by atoms with Gasteiger partial charge in [-0.25, -0.2) is 4.98 Å². The van der Waals surface area contributed by atoms with E-state index >= 15 is 0 Å². The highest BCUT2D eigenvalue weighted by Gasteiger charge is 2.20. The van der Waals surface area contributed by atoms with Gasteiger partial charge in [-0.1, -0.05) is 17.8 Å². The van der Waals surface area contributed by atoms with Crippen LogP contribution in [0.3, 0.4) is 0 Å². The number of hydrogen-bond acceptors (Lipinski definition) is 5. The fourth-order valence-electron chi connectivity index (χ4n) is 2.13. The minimum absolute atomic E-state index is 0.723. The number of aromatic nitrogens is 3. The van der Waals surface area contributed by atoms with Crippen molar-refractivity contribution in [3.8, 4) is 5.75 Å². The van der Waals surface area contributed by atoms with Crippen molar-refractivity contribution in [2.45, 2.75) is 43.3 Å². The first-order valence-electron chi connectivity index (χ1n) is 7.15. The van der Waals surface area contributed by atoms with Gasteiger partial charge in [0, 0.05) is 23.9 Å². The molecular weight excluding hydrogens is 284 g/mol. The van der Waals surface area contributed by atoms with Crippen molar-refractivity contribution in [1.29, 1.82) is 0 Å². The second-order valence-electron chi connectivity index (χ2n) is 5.29. The maximum Gasteiger partial charge on any atom is 0.208 e. The number of aromatic amines is 1. The number of nitrogens with one attached hydrogen (secondary N) is 2. The summed E-state index contributed by atoms with van der Waals surface area (Å²) in [5.74, 6) is 2.56. The molecule has 1 aliphatic carbocycles. The van der Waals surface area contributed by atoms with Gasteiger partial charge in [0.1, 0.15) is 11.6 Å². The number of aryl methyl sites for hydroxylation is 1. The lowest BCUT2D eigenvalue weighted by Crippen LogP contribution is -2.15. The van der Waals surface area contributed by atoms with Gasteiger partial charge in [0.2, 0.25) is 5.16 Å². The van der Waals surface area contributed by atoms with E-state index in [1.165, 1.54) is 24.0 Å². The molecule has 1 aromatic heterocycles. The first-order valence-corrected chi connectivity index (χ1v) is 8.14. The van der Waals surface area contributed by atoms with Crippen LogP contribution in [0.25, 0.3) is 0 Å². The van der Waals surface area contributed by atoms with Crippen LogP contribution in [0.1, 0.15) is 29.8 Å². The monoisotopic (exact) mass is 304 g/mol. The van der Waals surface area contributed by atoms with E-state index < -0.39 is 0 Å². The van der Waals surface area contributed by atoms with Crippen LogP contribution in [0.15, 0.2) is 23.4 Å². The van der Waals surface area contributed by atoms with Crippen molar-refractivity contribution in [2.75, 3.05) is 7.11 Å². The number of nitrogens with zero attached hydrogens (tertiary/aromatic N) is 2. The highest BCUT2D eigenvalue weighted by atomic mass is 32.2. The molecular formula is C15H20N4OS. The molecule has 2 aromatic rings. The Balaban J connectivity index is 1.66. The molecule has 1 aromatic carbocycles. The number of H-pyrrole nitrogens is 1. The van der Waals surface area contributed by atoms with Crippen molar-refractivity contribution in [3.05, 3.63) is 35.2 Å². The Morgan fingerprint density at radius 2 is 2.29 bits per heavy atom.